The van der Waals surface area contributed by atoms with Crippen molar-refractivity contribution in [3.05, 3.63) is 60.7 Å². The quantitative estimate of drug-likeness (QED) is 0.458. The fourth-order valence-electron chi connectivity index (χ4n) is 4.31. The van der Waals surface area contributed by atoms with E-state index in [1.165, 1.54) is 7.11 Å². The largest absolute Gasteiger partial charge is 0.469 e. The maximum atomic E-state index is 11.7. The summed E-state index contributed by atoms with van der Waals surface area (Å²) in [5, 5.41) is 4.43. The lowest BCUT2D eigenvalue weighted by Gasteiger charge is -2.34. The highest BCUT2D eigenvalue weighted by Gasteiger charge is 2.23. The summed E-state index contributed by atoms with van der Waals surface area (Å²) in [6.07, 6.45) is 3.96. The van der Waals surface area contributed by atoms with Crippen molar-refractivity contribution >= 4 is 22.6 Å². The van der Waals surface area contributed by atoms with Crippen molar-refractivity contribution in [1.82, 2.24) is 25.3 Å². The van der Waals surface area contributed by atoms with Crippen LogP contribution < -0.4 is 10.2 Å². The first-order valence-corrected chi connectivity index (χ1v) is 11.0. The van der Waals surface area contributed by atoms with E-state index in [1.807, 2.05) is 43.5 Å². The lowest BCUT2D eigenvalue weighted by molar-refractivity contribution is -0.141. The lowest BCUT2D eigenvalue weighted by Crippen LogP contribution is -2.51. The molecule has 1 fully saturated rings. The summed E-state index contributed by atoms with van der Waals surface area (Å²) in [4.78, 5) is 31.1. The molecule has 4 aromatic rings. The van der Waals surface area contributed by atoms with Crippen LogP contribution in [0.2, 0.25) is 0 Å². The Kier molecular flexibility index (Phi) is 5.75. The molecule has 1 aliphatic heterocycles. The van der Waals surface area contributed by atoms with Crippen molar-refractivity contribution in [2.45, 2.75) is 19.4 Å². The van der Waals surface area contributed by atoms with Crippen molar-refractivity contribution < 1.29 is 9.53 Å². The van der Waals surface area contributed by atoms with Gasteiger partial charge >= 0.3 is 5.97 Å². The topological polar surface area (TPSA) is 96.0 Å². The zero-order valence-corrected chi connectivity index (χ0v) is 18.7. The monoisotopic (exact) mass is 442 g/mol. The van der Waals surface area contributed by atoms with E-state index in [4.69, 9.17) is 4.74 Å². The highest BCUT2D eigenvalue weighted by molar-refractivity contribution is 5.88. The third-order valence-electron chi connectivity index (χ3n) is 5.99. The molecule has 0 saturated carbocycles. The van der Waals surface area contributed by atoms with E-state index < -0.39 is 0 Å². The zero-order chi connectivity index (χ0) is 22.8. The number of aryl methyl sites for hydroxylation is 1. The Balaban J connectivity index is 1.45. The Hall–Kier alpha value is -3.78. The van der Waals surface area contributed by atoms with Crippen LogP contribution in [0, 0.1) is 6.92 Å². The minimum absolute atomic E-state index is 0.0571. The van der Waals surface area contributed by atoms with Gasteiger partial charge < -0.3 is 19.9 Å². The van der Waals surface area contributed by atoms with Crippen LogP contribution in [0.25, 0.3) is 33.5 Å². The maximum absolute atomic E-state index is 11.7. The number of rotatable bonds is 5. The fourth-order valence-corrected chi connectivity index (χ4v) is 4.31. The van der Waals surface area contributed by atoms with Gasteiger partial charge in [0.05, 0.1) is 54.3 Å². The van der Waals surface area contributed by atoms with Gasteiger partial charge in [-0.25, -0.2) is 4.98 Å². The third-order valence-corrected chi connectivity index (χ3v) is 5.99. The van der Waals surface area contributed by atoms with E-state index in [-0.39, 0.29) is 12.0 Å². The van der Waals surface area contributed by atoms with Crippen molar-refractivity contribution in [2.75, 3.05) is 31.6 Å². The Morgan fingerprint density at radius 3 is 2.97 bits per heavy atom. The fraction of sp³-hybridized carbons (Fsp3) is 0.280. The average Bonchev–Trinajstić information content (AvgIpc) is 3.33. The van der Waals surface area contributed by atoms with Gasteiger partial charge in [-0.2, -0.15) is 0 Å². The number of aromatic nitrogens is 4. The zero-order valence-electron chi connectivity index (χ0n) is 18.7. The summed E-state index contributed by atoms with van der Waals surface area (Å²) in [7, 11) is 1.42. The summed E-state index contributed by atoms with van der Waals surface area (Å²) in [6, 6.07) is 14.4. The minimum atomic E-state index is -0.200. The van der Waals surface area contributed by atoms with Gasteiger partial charge in [-0.15, -0.1) is 0 Å². The molecule has 2 N–H and O–H groups in total. The van der Waals surface area contributed by atoms with Gasteiger partial charge in [0.2, 0.25) is 0 Å². The molecule has 8 heteroatoms. The first-order chi connectivity index (χ1) is 16.1. The van der Waals surface area contributed by atoms with E-state index in [2.05, 4.69) is 42.3 Å². The number of nitrogens with one attached hydrogen (secondary N) is 2. The summed E-state index contributed by atoms with van der Waals surface area (Å²) in [6.45, 7) is 4.37. The first-order valence-electron chi connectivity index (χ1n) is 11.0. The number of hydrogen-bond donors (Lipinski definition) is 2. The van der Waals surface area contributed by atoms with Crippen LogP contribution in [0.15, 0.2) is 55.0 Å². The number of carbonyl (C=O) groups excluding carboxylic acids is 1. The van der Waals surface area contributed by atoms with E-state index in [1.54, 1.807) is 6.33 Å². The molecule has 1 unspecified atom stereocenters. The number of methoxy groups -OCH3 is 1. The SMILES string of the molecule is COC(=O)CC1CN(c2cnc3ccc(-c4nc[nH]c4-c4cccc(C)n4)cc3c2)CCN1. The number of anilines is 1. The molecule has 168 valence electrons. The normalized spacial score (nSPS) is 16.2. The summed E-state index contributed by atoms with van der Waals surface area (Å²) >= 11 is 0. The summed E-state index contributed by atoms with van der Waals surface area (Å²) < 4.78 is 4.83. The lowest BCUT2D eigenvalue weighted by atomic mass is 10.0. The number of esters is 1. The molecule has 1 aliphatic rings. The number of H-pyrrole nitrogens is 1. The first kappa shape index (κ1) is 21.1. The molecule has 8 nitrogen and oxygen atoms in total. The van der Waals surface area contributed by atoms with Gasteiger partial charge in [0, 0.05) is 42.3 Å². The smallest absolute Gasteiger partial charge is 0.307 e. The van der Waals surface area contributed by atoms with Gasteiger partial charge in [0.25, 0.3) is 0 Å². The van der Waals surface area contributed by atoms with Crippen LogP contribution in [0.1, 0.15) is 12.1 Å². The summed E-state index contributed by atoms with van der Waals surface area (Å²) in [5.41, 5.74) is 6.56. The molecule has 0 spiro atoms. The van der Waals surface area contributed by atoms with Crippen LogP contribution in [-0.4, -0.2) is 58.7 Å². The second-order valence-corrected chi connectivity index (χ2v) is 8.27. The number of pyridine rings is 2. The second-order valence-electron chi connectivity index (χ2n) is 8.27. The van der Waals surface area contributed by atoms with Gasteiger partial charge in [0.15, 0.2) is 0 Å². The number of piperazine rings is 1. The van der Waals surface area contributed by atoms with Crippen LogP contribution in [0.4, 0.5) is 5.69 Å². The Bertz CT molecular complexity index is 1300. The van der Waals surface area contributed by atoms with E-state index in [0.717, 1.165) is 64.6 Å². The van der Waals surface area contributed by atoms with Gasteiger partial charge in [0.1, 0.15) is 0 Å². The minimum Gasteiger partial charge on any atom is -0.469 e. The van der Waals surface area contributed by atoms with Crippen molar-refractivity contribution in [3.8, 4) is 22.6 Å². The standard InChI is InChI=1S/C25H26N6O2/c1-16-4-3-5-22(30-16)25-24(28-15-29-25)17-6-7-21-18(10-17)11-20(13-27-21)31-9-8-26-19(14-31)12-23(32)33-2/h3-7,10-11,13,15,19,26H,8-9,12,14H2,1-2H3,(H,28,29). The highest BCUT2D eigenvalue weighted by atomic mass is 16.5. The number of nitrogens with zero attached hydrogens (tertiary/aromatic N) is 4. The van der Waals surface area contributed by atoms with E-state index in [0.29, 0.717) is 6.42 Å². The third kappa shape index (κ3) is 4.42. The molecule has 0 aliphatic carbocycles. The van der Waals surface area contributed by atoms with E-state index >= 15 is 0 Å². The number of carbonyl (C=O) groups is 1. The highest BCUT2D eigenvalue weighted by Crippen LogP contribution is 2.31. The van der Waals surface area contributed by atoms with E-state index in [9.17, 15) is 4.79 Å². The number of ether oxygens (including phenoxy) is 1. The number of aromatic amines is 1. The molecule has 4 heterocycles. The predicted molar refractivity (Wildman–Crippen MR) is 128 cm³/mol. The number of fused-ring (bicyclic) bond motifs is 1. The number of imidazole rings is 1. The number of benzene rings is 1. The Labute approximate surface area is 192 Å². The van der Waals surface area contributed by atoms with Crippen molar-refractivity contribution in [2.24, 2.45) is 0 Å². The molecular formula is C25H26N6O2. The molecule has 0 bridgehead atoms. The Morgan fingerprint density at radius 1 is 1.21 bits per heavy atom. The van der Waals surface area contributed by atoms with Crippen LogP contribution in [0.3, 0.4) is 0 Å². The predicted octanol–water partition coefficient (Wildman–Crippen LogP) is 3.34. The molecule has 1 atom stereocenters. The molecule has 5 rings (SSSR count). The van der Waals surface area contributed by atoms with Gasteiger partial charge in [-0.3, -0.25) is 14.8 Å². The molecule has 0 radical (unpaired) electrons. The molecule has 1 saturated heterocycles. The molecule has 1 aromatic carbocycles. The van der Waals surface area contributed by atoms with Crippen molar-refractivity contribution in [1.29, 1.82) is 0 Å². The second kappa shape index (κ2) is 8.99. The maximum Gasteiger partial charge on any atom is 0.307 e. The van der Waals surface area contributed by atoms with Crippen LogP contribution >= 0.6 is 0 Å². The average molecular weight is 443 g/mol. The molecule has 0 amide bonds. The summed E-state index contributed by atoms with van der Waals surface area (Å²) in [5.74, 6) is -0.200. The molecular weight excluding hydrogens is 416 g/mol. The Morgan fingerprint density at radius 2 is 2.12 bits per heavy atom. The van der Waals surface area contributed by atoms with Gasteiger partial charge in [-0.1, -0.05) is 12.1 Å². The van der Waals surface area contributed by atoms with Crippen LogP contribution in [0.5, 0.6) is 0 Å². The van der Waals surface area contributed by atoms with Crippen molar-refractivity contribution in [3.63, 3.8) is 0 Å². The number of hydrogen-bond acceptors (Lipinski definition) is 7. The van der Waals surface area contributed by atoms with Gasteiger partial charge in [-0.05, 0) is 37.3 Å². The molecule has 3 aromatic heterocycles. The van der Waals surface area contributed by atoms with Crippen LogP contribution in [-0.2, 0) is 9.53 Å². The molecule has 33 heavy (non-hydrogen) atoms.